The van der Waals surface area contributed by atoms with E-state index in [1.807, 2.05) is 4.90 Å². The number of hydrogen-bond acceptors (Lipinski definition) is 3. The Bertz CT molecular complexity index is 284. The van der Waals surface area contributed by atoms with Gasteiger partial charge in [-0.25, -0.2) is 0 Å². The van der Waals surface area contributed by atoms with E-state index in [9.17, 15) is 4.79 Å². The van der Waals surface area contributed by atoms with Crippen LogP contribution in [0.3, 0.4) is 0 Å². The number of carbonyl (C=O) groups is 1. The van der Waals surface area contributed by atoms with Crippen LogP contribution in [-0.2, 0) is 14.3 Å². The van der Waals surface area contributed by atoms with E-state index in [1.54, 1.807) is 7.11 Å². The van der Waals surface area contributed by atoms with E-state index in [0.29, 0.717) is 18.3 Å². The van der Waals surface area contributed by atoms with Gasteiger partial charge in [0.2, 0.25) is 5.91 Å². The summed E-state index contributed by atoms with van der Waals surface area (Å²) in [5.74, 6) is 1.14. The zero-order chi connectivity index (χ0) is 12.5. The fourth-order valence-corrected chi connectivity index (χ4v) is 2.83. The van der Waals surface area contributed by atoms with Gasteiger partial charge in [-0.05, 0) is 12.3 Å². The summed E-state index contributed by atoms with van der Waals surface area (Å²) in [6, 6.07) is 0. The average molecular weight is 241 g/mol. The lowest BCUT2D eigenvalue weighted by molar-refractivity contribution is -0.168. The summed E-state index contributed by atoms with van der Waals surface area (Å²) in [4.78, 5) is 13.8. The molecule has 2 aliphatic rings. The predicted molar refractivity (Wildman–Crippen MR) is 64.7 cm³/mol. The first-order valence-corrected chi connectivity index (χ1v) is 6.48. The van der Waals surface area contributed by atoms with E-state index in [4.69, 9.17) is 9.47 Å². The van der Waals surface area contributed by atoms with Crippen LogP contribution in [0, 0.1) is 11.8 Å². The lowest BCUT2D eigenvalue weighted by atomic mass is 9.81. The van der Waals surface area contributed by atoms with Crippen molar-refractivity contribution in [3.8, 4) is 0 Å². The van der Waals surface area contributed by atoms with Gasteiger partial charge in [-0.3, -0.25) is 4.79 Å². The van der Waals surface area contributed by atoms with E-state index in [2.05, 4.69) is 13.8 Å². The highest BCUT2D eigenvalue weighted by atomic mass is 16.5. The summed E-state index contributed by atoms with van der Waals surface area (Å²) in [6.45, 7) is 7.21. The van der Waals surface area contributed by atoms with Crippen molar-refractivity contribution in [2.24, 2.45) is 11.8 Å². The molecule has 0 aromatic carbocycles. The van der Waals surface area contributed by atoms with Crippen LogP contribution in [0.1, 0.15) is 26.7 Å². The van der Waals surface area contributed by atoms with Gasteiger partial charge in [0.05, 0.1) is 19.7 Å². The van der Waals surface area contributed by atoms with Crippen LogP contribution in [0.25, 0.3) is 0 Å². The summed E-state index contributed by atoms with van der Waals surface area (Å²) in [6.07, 6.45) is 1.70. The zero-order valence-corrected chi connectivity index (χ0v) is 11.1. The molecule has 2 aliphatic heterocycles. The molecule has 4 nitrogen and oxygen atoms in total. The van der Waals surface area contributed by atoms with Crippen LogP contribution in [0.15, 0.2) is 0 Å². The molecule has 0 saturated carbocycles. The highest BCUT2D eigenvalue weighted by Gasteiger charge is 2.54. The normalized spacial score (nSPS) is 26.6. The highest BCUT2D eigenvalue weighted by molar-refractivity contribution is 5.77. The molecule has 0 aromatic heterocycles. The number of methoxy groups -OCH3 is 1. The number of carbonyl (C=O) groups excluding carboxylic acids is 1. The third-order valence-corrected chi connectivity index (χ3v) is 3.82. The Hall–Kier alpha value is -0.610. The van der Waals surface area contributed by atoms with Gasteiger partial charge in [-0.1, -0.05) is 13.8 Å². The minimum absolute atomic E-state index is 0.0946. The van der Waals surface area contributed by atoms with Crippen molar-refractivity contribution in [3.05, 3.63) is 0 Å². The van der Waals surface area contributed by atoms with Crippen LogP contribution in [-0.4, -0.2) is 49.8 Å². The summed E-state index contributed by atoms with van der Waals surface area (Å²) in [5, 5.41) is 0. The number of amides is 1. The van der Waals surface area contributed by atoms with Crippen molar-refractivity contribution >= 4 is 5.91 Å². The molecule has 0 bridgehead atoms. The summed E-state index contributed by atoms with van der Waals surface area (Å²) >= 11 is 0. The fraction of sp³-hybridized carbons (Fsp3) is 0.923. The van der Waals surface area contributed by atoms with E-state index >= 15 is 0 Å². The van der Waals surface area contributed by atoms with Crippen LogP contribution >= 0.6 is 0 Å². The molecular weight excluding hydrogens is 218 g/mol. The second kappa shape index (κ2) is 4.94. The molecule has 1 amide bonds. The molecule has 0 N–H and O–H groups in total. The van der Waals surface area contributed by atoms with E-state index in [1.165, 1.54) is 0 Å². The number of likely N-dealkylation sites (tertiary alicyclic amines) is 1. The minimum atomic E-state index is -0.0946. The molecule has 2 saturated heterocycles. The first kappa shape index (κ1) is 12.8. The van der Waals surface area contributed by atoms with Crippen molar-refractivity contribution in [2.45, 2.75) is 32.3 Å². The van der Waals surface area contributed by atoms with Crippen molar-refractivity contribution in [3.63, 3.8) is 0 Å². The van der Waals surface area contributed by atoms with Crippen molar-refractivity contribution < 1.29 is 14.3 Å². The SMILES string of the molecule is COC[C@@H]1CCOC12CN(C(=O)CC(C)C)C2. The van der Waals surface area contributed by atoms with Crippen LogP contribution in [0.5, 0.6) is 0 Å². The quantitative estimate of drug-likeness (QED) is 0.744. The molecule has 2 rings (SSSR count). The van der Waals surface area contributed by atoms with Gasteiger partial charge in [0.1, 0.15) is 5.60 Å². The lowest BCUT2D eigenvalue weighted by Crippen LogP contribution is -2.66. The minimum Gasteiger partial charge on any atom is -0.384 e. The monoisotopic (exact) mass is 241 g/mol. The molecule has 1 atom stereocenters. The molecular formula is C13H23NO3. The van der Waals surface area contributed by atoms with Crippen molar-refractivity contribution in [1.29, 1.82) is 0 Å². The van der Waals surface area contributed by atoms with Crippen molar-refractivity contribution in [2.75, 3.05) is 33.4 Å². The molecule has 0 radical (unpaired) electrons. The summed E-state index contributed by atoms with van der Waals surface area (Å²) < 4.78 is 11.1. The first-order valence-electron chi connectivity index (χ1n) is 6.48. The van der Waals surface area contributed by atoms with Gasteiger partial charge in [-0.15, -0.1) is 0 Å². The van der Waals surface area contributed by atoms with Crippen molar-refractivity contribution in [1.82, 2.24) is 4.90 Å². The van der Waals surface area contributed by atoms with Crippen LogP contribution in [0.4, 0.5) is 0 Å². The topological polar surface area (TPSA) is 38.8 Å². The molecule has 0 unspecified atom stereocenters. The van der Waals surface area contributed by atoms with Gasteiger partial charge in [0, 0.05) is 26.1 Å². The smallest absolute Gasteiger partial charge is 0.223 e. The Kier molecular flexibility index (Phi) is 3.73. The Morgan fingerprint density at radius 3 is 2.82 bits per heavy atom. The maximum atomic E-state index is 11.9. The lowest BCUT2D eigenvalue weighted by Gasteiger charge is -2.50. The van der Waals surface area contributed by atoms with Crippen LogP contribution < -0.4 is 0 Å². The molecule has 4 heteroatoms. The van der Waals surface area contributed by atoms with Crippen LogP contribution in [0.2, 0.25) is 0 Å². The second-order valence-corrected chi connectivity index (χ2v) is 5.70. The summed E-state index contributed by atoms with van der Waals surface area (Å²) in [7, 11) is 1.73. The first-order chi connectivity index (χ1) is 8.07. The molecule has 2 fully saturated rings. The van der Waals surface area contributed by atoms with E-state index in [0.717, 1.165) is 32.7 Å². The average Bonchev–Trinajstić information content (AvgIpc) is 2.58. The molecule has 0 aromatic rings. The Balaban J connectivity index is 1.86. The second-order valence-electron chi connectivity index (χ2n) is 5.70. The fourth-order valence-electron chi connectivity index (χ4n) is 2.83. The standard InChI is InChI=1S/C13H23NO3/c1-10(2)6-12(15)14-8-13(9-14)11(7-16-3)4-5-17-13/h10-11H,4-9H2,1-3H3/t11-/m0/s1. The van der Waals surface area contributed by atoms with Gasteiger partial charge < -0.3 is 14.4 Å². The van der Waals surface area contributed by atoms with Gasteiger partial charge in [0.25, 0.3) is 0 Å². The van der Waals surface area contributed by atoms with Gasteiger partial charge in [-0.2, -0.15) is 0 Å². The Morgan fingerprint density at radius 1 is 1.53 bits per heavy atom. The zero-order valence-electron chi connectivity index (χ0n) is 11.1. The molecule has 98 valence electrons. The van der Waals surface area contributed by atoms with E-state index in [-0.39, 0.29) is 11.5 Å². The number of ether oxygens (including phenoxy) is 2. The number of rotatable bonds is 4. The number of nitrogens with zero attached hydrogens (tertiary/aromatic N) is 1. The van der Waals surface area contributed by atoms with Gasteiger partial charge >= 0.3 is 0 Å². The molecule has 17 heavy (non-hydrogen) atoms. The molecule has 0 aliphatic carbocycles. The third kappa shape index (κ3) is 2.47. The van der Waals surface area contributed by atoms with E-state index < -0.39 is 0 Å². The molecule has 1 spiro atoms. The molecule has 2 heterocycles. The predicted octanol–water partition coefficient (Wildman–Crippen LogP) is 1.30. The Morgan fingerprint density at radius 2 is 2.24 bits per heavy atom. The number of hydrogen-bond donors (Lipinski definition) is 0. The van der Waals surface area contributed by atoms with Gasteiger partial charge in [0.15, 0.2) is 0 Å². The highest BCUT2D eigenvalue weighted by Crippen LogP contribution is 2.40. The maximum Gasteiger partial charge on any atom is 0.223 e. The maximum absolute atomic E-state index is 11.9. The largest absolute Gasteiger partial charge is 0.384 e. The third-order valence-electron chi connectivity index (χ3n) is 3.82. The summed E-state index contributed by atoms with van der Waals surface area (Å²) in [5.41, 5.74) is -0.0946. The Labute approximate surface area is 103 Å².